The molecule has 1 aromatic carbocycles. The van der Waals surface area contributed by atoms with E-state index in [-0.39, 0.29) is 5.76 Å². The molecule has 0 amide bonds. The molecule has 0 aromatic heterocycles. The average Bonchev–Trinajstić information content (AvgIpc) is 2.91. The second-order valence-corrected chi connectivity index (χ2v) is 8.86. The Labute approximate surface area is 223 Å². The number of carboxylic acids is 1. The minimum Gasteiger partial charge on any atom is -0.490 e. The Kier molecular flexibility index (Phi) is 31.0. The van der Waals surface area contributed by atoms with Crippen LogP contribution in [0, 0.1) is 0 Å². The maximum atomic E-state index is 10.5. The van der Waals surface area contributed by atoms with Crippen LogP contribution in [-0.4, -0.2) is 24.7 Å². The highest BCUT2D eigenvalue weighted by atomic mass is 16.5. The van der Waals surface area contributed by atoms with E-state index in [0.717, 1.165) is 12.1 Å². The first kappa shape index (κ1) is 36.1. The number of nitrogens with two attached hydrogens (primary N) is 1. The van der Waals surface area contributed by atoms with Crippen LogP contribution in [0.2, 0.25) is 0 Å². The van der Waals surface area contributed by atoms with Crippen molar-refractivity contribution < 1.29 is 14.6 Å². The fourth-order valence-electron chi connectivity index (χ4n) is 3.65. The van der Waals surface area contributed by atoms with E-state index in [1.54, 1.807) is 0 Å². The second-order valence-electron chi connectivity index (χ2n) is 8.86. The summed E-state index contributed by atoms with van der Waals surface area (Å²) in [6, 6.07) is 9.15. The largest absolute Gasteiger partial charge is 0.490 e. The predicted octanol–water partition coefficient (Wildman–Crippen LogP) is 9.55. The number of benzene rings is 1. The minimum absolute atomic E-state index is 0.0637. The fourth-order valence-corrected chi connectivity index (χ4v) is 3.65. The third kappa shape index (κ3) is 26.5. The van der Waals surface area contributed by atoms with Crippen LogP contribution < -0.4 is 5.73 Å². The van der Waals surface area contributed by atoms with Crippen LogP contribution in [0.25, 0.3) is 6.08 Å². The third-order valence-electron chi connectivity index (χ3n) is 5.74. The van der Waals surface area contributed by atoms with Gasteiger partial charge in [0.2, 0.25) is 5.76 Å². The summed E-state index contributed by atoms with van der Waals surface area (Å²) in [6.07, 6.45) is 28.3. The van der Waals surface area contributed by atoms with Crippen LogP contribution in [0.5, 0.6) is 0 Å². The van der Waals surface area contributed by atoms with Gasteiger partial charge in [0.1, 0.15) is 0 Å². The van der Waals surface area contributed by atoms with Gasteiger partial charge < -0.3 is 15.6 Å². The molecular formula is C32H57NO3. The van der Waals surface area contributed by atoms with Gasteiger partial charge in [-0.15, -0.1) is 0 Å². The van der Waals surface area contributed by atoms with Crippen molar-refractivity contribution in [3.05, 3.63) is 53.8 Å². The molecule has 1 rings (SSSR count). The number of carboxylic acid groups (broad SMARTS) is 1. The van der Waals surface area contributed by atoms with Crippen molar-refractivity contribution in [2.24, 2.45) is 5.73 Å². The Morgan fingerprint density at radius 3 is 1.64 bits per heavy atom. The van der Waals surface area contributed by atoms with E-state index in [1.807, 2.05) is 44.2 Å². The molecule has 3 N–H and O–H groups in total. The zero-order chi connectivity index (χ0) is 27.1. The Morgan fingerprint density at radius 2 is 1.22 bits per heavy atom. The van der Waals surface area contributed by atoms with E-state index in [4.69, 9.17) is 10.8 Å². The molecular weight excluding hydrogens is 446 g/mol. The lowest BCUT2D eigenvalue weighted by Gasteiger charge is -2.00. The first-order chi connectivity index (χ1) is 17.7. The molecule has 0 heterocycles. The molecule has 208 valence electrons. The van der Waals surface area contributed by atoms with Crippen molar-refractivity contribution in [2.75, 3.05) is 13.7 Å². The highest BCUT2D eigenvalue weighted by molar-refractivity contribution is 5.89. The number of aliphatic carboxylic acids is 1. The molecule has 0 saturated heterocycles. The van der Waals surface area contributed by atoms with E-state index in [9.17, 15) is 4.79 Å². The molecule has 4 nitrogen and oxygen atoms in total. The quantitative estimate of drug-likeness (QED) is 0.0804. The van der Waals surface area contributed by atoms with E-state index in [2.05, 4.69) is 23.8 Å². The SMILES string of the molecule is CC.CCCCCCCCCC/C=C\CCCCCCCCN.COC(=Cc1ccccc1)C(=O)O. The Morgan fingerprint density at radius 1 is 0.778 bits per heavy atom. The van der Waals surface area contributed by atoms with Crippen molar-refractivity contribution in [3.8, 4) is 0 Å². The summed E-state index contributed by atoms with van der Waals surface area (Å²) in [5.74, 6) is -1.13. The minimum atomic E-state index is -1.06. The Balaban J connectivity index is 0. The number of hydrogen-bond acceptors (Lipinski definition) is 3. The maximum absolute atomic E-state index is 10.5. The molecule has 0 saturated carbocycles. The second kappa shape index (κ2) is 31.0. The van der Waals surface area contributed by atoms with Crippen LogP contribution in [0.4, 0.5) is 0 Å². The van der Waals surface area contributed by atoms with Crippen molar-refractivity contribution in [2.45, 2.75) is 124 Å². The van der Waals surface area contributed by atoms with E-state index in [0.29, 0.717) is 0 Å². The van der Waals surface area contributed by atoms with Gasteiger partial charge in [-0.3, -0.25) is 0 Å². The van der Waals surface area contributed by atoms with Gasteiger partial charge in [0.25, 0.3) is 0 Å². The molecule has 0 bridgehead atoms. The summed E-state index contributed by atoms with van der Waals surface area (Å²) in [7, 11) is 1.34. The number of ether oxygens (including phenoxy) is 1. The van der Waals surface area contributed by atoms with E-state index >= 15 is 0 Å². The van der Waals surface area contributed by atoms with Gasteiger partial charge in [0.05, 0.1) is 7.11 Å². The fraction of sp³-hybridized carbons (Fsp3) is 0.656. The Hall–Kier alpha value is -2.07. The molecule has 0 aliphatic heterocycles. The first-order valence-electron chi connectivity index (χ1n) is 14.5. The number of unbranched alkanes of at least 4 members (excludes halogenated alkanes) is 14. The van der Waals surface area contributed by atoms with Crippen molar-refractivity contribution in [1.29, 1.82) is 0 Å². The number of methoxy groups -OCH3 is 1. The van der Waals surface area contributed by atoms with Gasteiger partial charge in [0, 0.05) is 0 Å². The summed E-state index contributed by atoms with van der Waals surface area (Å²) in [6.45, 7) is 7.15. The van der Waals surface area contributed by atoms with E-state index in [1.165, 1.54) is 116 Å². The summed E-state index contributed by atoms with van der Waals surface area (Å²) in [5.41, 5.74) is 6.29. The topological polar surface area (TPSA) is 72.5 Å². The van der Waals surface area contributed by atoms with Crippen molar-refractivity contribution in [1.82, 2.24) is 0 Å². The molecule has 1 aromatic rings. The molecule has 0 radical (unpaired) electrons. The first-order valence-corrected chi connectivity index (χ1v) is 14.5. The van der Waals surface area contributed by atoms with Crippen LogP contribution >= 0.6 is 0 Å². The molecule has 0 aliphatic carbocycles. The lowest BCUT2D eigenvalue weighted by atomic mass is 10.1. The van der Waals surface area contributed by atoms with Gasteiger partial charge >= 0.3 is 5.97 Å². The zero-order valence-corrected chi connectivity index (χ0v) is 24.0. The lowest BCUT2D eigenvalue weighted by molar-refractivity contribution is -0.135. The third-order valence-corrected chi connectivity index (χ3v) is 5.74. The zero-order valence-electron chi connectivity index (χ0n) is 24.0. The highest BCUT2D eigenvalue weighted by Gasteiger charge is 2.05. The number of hydrogen-bond donors (Lipinski definition) is 2. The van der Waals surface area contributed by atoms with Crippen LogP contribution in [0.15, 0.2) is 48.2 Å². The normalized spacial score (nSPS) is 10.9. The standard InChI is InChI=1S/C20H41N.C10H10O3.C2H6/c1-2-3-4-5-6-7-8-9-10-11-12-13-14-15-16-17-18-19-20-21;1-13-9(10(11)12)7-8-5-3-2-4-6-8;1-2/h11-12H,2-10,13-21H2,1H3;2-7H,1H3,(H,11,12);1-2H3/b12-11-;;. The summed E-state index contributed by atoms with van der Waals surface area (Å²) >= 11 is 0. The average molecular weight is 504 g/mol. The van der Waals surface area contributed by atoms with Gasteiger partial charge in [-0.1, -0.05) is 134 Å². The van der Waals surface area contributed by atoms with Crippen molar-refractivity contribution in [3.63, 3.8) is 0 Å². The molecule has 4 heteroatoms. The smallest absolute Gasteiger partial charge is 0.371 e. The molecule has 0 unspecified atom stereocenters. The number of carbonyl (C=O) groups is 1. The molecule has 0 spiro atoms. The maximum Gasteiger partial charge on any atom is 0.371 e. The van der Waals surface area contributed by atoms with Crippen LogP contribution in [0.1, 0.15) is 129 Å². The lowest BCUT2D eigenvalue weighted by Crippen LogP contribution is -2.01. The number of rotatable bonds is 20. The molecule has 36 heavy (non-hydrogen) atoms. The van der Waals surface area contributed by atoms with Gasteiger partial charge in [-0.2, -0.15) is 0 Å². The molecule has 0 atom stereocenters. The number of allylic oxidation sites excluding steroid dienone is 2. The summed E-state index contributed by atoms with van der Waals surface area (Å²) in [4.78, 5) is 10.5. The highest BCUT2D eigenvalue weighted by Crippen LogP contribution is 2.11. The van der Waals surface area contributed by atoms with Crippen LogP contribution in [0.3, 0.4) is 0 Å². The van der Waals surface area contributed by atoms with Gasteiger partial charge in [0.15, 0.2) is 0 Å². The van der Waals surface area contributed by atoms with Crippen molar-refractivity contribution >= 4 is 12.0 Å². The van der Waals surface area contributed by atoms with Gasteiger partial charge in [-0.05, 0) is 50.3 Å². The van der Waals surface area contributed by atoms with Gasteiger partial charge in [-0.25, -0.2) is 4.79 Å². The molecule has 0 fully saturated rings. The Bertz CT molecular complexity index is 626. The summed E-state index contributed by atoms with van der Waals surface area (Å²) < 4.78 is 4.68. The predicted molar refractivity (Wildman–Crippen MR) is 158 cm³/mol. The summed E-state index contributed by atoms with van der Waals surface area (Å²) in [5, 5.41) is 8.64. The molecule has 0 aliphatic rings. The monoisotopic (exact) mass is 503 g/mol. The van der Waals surface area contributed by atoms with E-state index < -0.39 is 5.97 Å². The van der Waals surface area contributed by atoms with Crippen LogP contribution in [-0.2, 0) is 9.53 Å².